The van der Waals surface area contributed by atoms with Gasteiger partial charge in [0.2, 0.25) is 0 Å². The number of hydrogen-bond acceptors (Lipinski definition) is 1. The summed E-state index contributed by atoms with van der Waals surface area (Å²) in [4.78, 5) is 12.7. The van der Waals surface area contributed by atoms with Gasteiger partial charge >= 0.3 is 0 Å². The molecule has 3 heteroatoms. The summed E-state index contributed by atoms with van der Waals surface area (Å²) < 4.78 is 1.66. The van der Waals surface area contributed by atoms with Gasteiger partial charge in [-0.2, -0.15) is 0 Å². The standard InChI is InChI=1S/C19H20N2O/c1-4-21-19(22)17(15-11-9-13(2)10-12-15)18(20-21)16-8-6-5-7-14(16)3/h5-12,20H,4H2,1-3H3. The van der Waals surface area contributed by atoms with Crippen LogP contribution in [0.3, 0.4) is 0 Å². The second kappa shape index (κ2) is 5.68. The highest BCUT2D eigenvalue weighted by molar-refractivity contribution is 5.81. The van der Waals surface area contributed by atoms with Crippen molar-refractivity contribution < 1.29 is 0 Å². The monoisotopic (exact) mass is 292 g/mol. The van der Waals surface area contributed by atoms with Crippen LogP contribution in [0.2, 0.25) is 0 Å². The fourth-order valence-electron chi connectivity index (χ4n) is 2.74. The number of aryl methyl sites for hydroxylation is 3. The Balaban J connectivity index is 2.29. The minimum Gasteiger partial charge on any atom is -0.294 e. The molecule has 0 aliphatic carbocycles. The van der Waals surface area contributed by atoms with Crippen molar-refractivity contribution in [3.8, 4) is 22.4 Å². The average Bonchev–Trinajstić information content (AvgIpc) is 2.85. The number of rotatable bonds is 3. The molecule has 0 radical (unpaired) electrons. The largest absolute Gasteiger partial charge is 0.294 e. The zero-order valence-electron chi connectivity index (χ0n) is 13.2. The van der Waals surface area contributed by atoms with Crippen LogP contribution in [-0.4, -0.2) is 9.78 Å². The van der Waals surface area contributed by atoms with Crippen LogP contribution in [0.25, 0.3) is 22.4 Å². The van der Waals surface area contributed by atoms with Gasteiger partial charge in [-0.3, -0.25) is 14.6 Å². The molecular weight excluding hydrogens is 272 g/mol. The minimum absolute atomic E-state index is 0.0320. The number of hydrogen-bond donors (Lipinski definition) is 1. The molecule has 3 nitrogen and oxygen atoms in total. The molecule has 3 aromatic rings. The lowest BCUT2D eigenvalue weighted by Gasteiger charge is -2.06. The molecular formula is C19H20N2O. The van der Waals surface area contributed by atoms with Gasteiger partial charge in [-0.25, -0.2) is 0 Å². The van der Waals surface area contributed by atoms with Crippen LogP contribution in [0, 0.1) is 13.8 Å². The first-order valence-corrected chi connectivity index (χ1v) is 7.57. The highest BCUT2D eigenvalue weighted by atomic mass is 16.1. The first-order chi connectivity index (χ1) is 10.6. The second-order valence-electron chi connectivity index (χ2n) is 5.59. The van der Waals surface area contributed by atoms with Gasteiger partial charge in [-0.05, 0) is 31.9 Å². The summed E-state index contributed by atoms with van der Waals surface area (Å²) in [6.07, 6.45) is 0. The van der Waals surface area contributed by atoms with Gasteiger partial charge in [-0.1, -0.05) is 54.1 Å². The van der Waals surface area contributed by atoms with Gasteiger partial charge in [-0.15, -0.1) is 0 Å². The molecule has 0 bridgehead atoms. The molecule has 0 saturated carbocycles. The van der Waals surface area contributed by atoms with Crippen molar-refractivity contribution in [1.29, 1.82) is 0 Å². The Kier molecular flexibility index (Phi) is 3.72. The number of aromatic nitrogens is 2. The van der Waals surface area contributed by atoms with Crippen molar-refractivity contribution >= 4 is 0 Å². The number of nitrogens with one attached hydrogen (secondary N) is 1. The van der Waals surface area contributed by atoms with E-state index in [1.807, 2.05) is 50.2 Å². The maximum Gasteiger partial charge on any atom is 0.274 e. The van der Waals surface area contributed by atoms with Crippen LogP contribution in [-0.2, 0) is 6.54 Å². The summed E-state index contributed by atoms with van der Waals surface area (Å²) in [7, 11) is 0. The predicted molar refractivity (Wildman–Crippen MR) is 91.1 cm³/mol. The van der Waals surface area contributed by atoms with Crippen LogP contribution < -0.4 is 5.56 Å². The van der Waals surface area contributed by atoms with Gasteiger partial charge in [0.1, 0.15) is 0 Å². The zero-order valence-corrected chi connectivity index (χ0v) is 13.2. The van der Waals surface area contributed by atoms with E-state index in [0.717, 1.165) is 27.9 Å². The third kappa shape index (κ3) is 2.39. The zero-order chi connectivity index (χ0) is 15.7. The molecule has 0 saturated heterocycles. The Morgan fingerprint density at radius 2 is 1.68 bits per heavy atom. The number of aromatic amines is 1. The Hall–Kier alpha value is -2.55. The van der Waals surface area contributed by atoms with Gasteiger partial charge in [0, 0.05) is 12.1 Å². The average molecular weight is 292 g/mol. The predicted octanol–water partition coefficient (Wildman–Crippen LogP) is 4.15. The molecule has 3 rings (SSSR count). The number of nitrogens with zero attached hydrogens (tertiary/aromatic N) is 1. The summed E-state index contributed by atoms with van der Waals surface area (Å²) in [5.41, 5.74) is 6.04. The van der Waals surface area contributed by atoms with Crippen LogP contribution in [0.15, 0.2) is 53.3 Å². The Morgan fingerprint density at radius 1 is 1.00 bits per heavy atom. The lowest BCUT2D eigenvalue weighted by molar-refractivity contribution is 0.640. The molecule has 0 aliphatic rings. The third-order valence-electron chi connectivity index (χ3n) is 4.03. The van der Waals surface area contributed by atoms with Gasteiger partial charge in [0.15, 0.2) is 0 Å². The molecule has 0 atom stereocenters. The van der Waals surface area contributed by atoms with E-state index in [1.54, 1.807) is 4.68 Å². The quantitative estimate of drug-likeness (QED) is 0.773. The lowest BCUT2D eigenvalue weighted by atomic mass is 9.98. The van der Waals surface area contributed by atoms with E-state index in [9.17, 15) is 4.79 Å². The van der Waals surface area contributed by atoms with Crippen molar-refractivity contribution in [2.24, 2.45) is 0 Å². The van der Waals surface area contributed by atoms with Gasteiger partial charge < -0.3 is 0 Å². The van der Waals surface area contributed by atoms with Crippen LogP contribution in [0.4, 0.5) is 0 Å². The molecule has 0 aliphatic heterocycles. The van der Waals surface area contributed by atoms with Crippen LogP contribution in [0.1, 0.15) is 18.1 Å². The highest BCUT2D eigenvalue weighted by Gasteiger charge is 2.17. The van der Waals surface area contributed by atoms with Crippen molar-refractivity contribution in [2.45, 2.75) is 27.3 Å². The molecule has 1 heterocycles. The van der Waals surface area contributed by atoms with Crippen LogP contribution in [0.5, 0.6) is 0 Å². The summed E-state index contributed by atoms with van der Waals surface area (Å²) in [5.74, 6) is 0. The van der Waals surface area contributed by atoms with Crippen molar-refractivity contribution in [3.63, 3.8) is 0 Å². The van der Waals surface area contributed by atoms with Crippen molar-refractivity contribution in [3.05, 3.63) is 70.0 Å². The Labute approximate surface area is 130 Å². The van der Waals surface area contributed by atoms with E-state index in [2.05, 4.69) is 24.2 Å². The fraction of sp³-hybridized carbons (Fsp3) is 0.211. The third-order valence-corrected chi connectivity index (χ3v) is 4.03. The Morgan fingerprint density at radius 3 is 2.32 bits per heavy atom. The lowest BCUT2D eigenvalue weighted by Crippen LogP contribution is -2.16. The summed E-state index contributed by atoms with van der Waals surface area (Å²) >= 11 is 0. The summed E-state index contributed by atoms with van der Waals surface area (Å²) in [6, 6.07) is 16.2. The first-order valence-electron chi connectivity index (χ1n) is 7.57. The molecule has 1 aromatic heterocycles. The second-order valence-corrected chi connectivity index (χ2v) is 5.59. The number of H-pyrrole nitrogens is 1. The van der Waals surface area contributed by atoms with E-state index < -0.39 is 0 Å². The molecule has 0 spiro atoms. The maximum absolute atomic E-state index is 12.7. The van der Waals surface area contributed by atoms with E-state index >= 15 is 0 Å². The molecule has 112 valence electrons. The maximum atomic E-state index is 12.7. The molecule has 0 amide bonds. The van der Waals surface area contributed by atoms with Crippen molar-refractivity contribution in [1.82, 2.24) is 9.78 Å². The normalized spacial score (nSPS) is 10.9. The van der Waals surface area contributed by atoms with Crippen molar-refractivity contribution in [2.75, 3.05) is 0 Å². The topological polar surface area (TPSA) is 37.8 Å². The van der Waals surface area contributed by atoms with E-state index in [4.69, 9.17) is 0 Å². The van der Waals surface area contributed by atoms with Crippen LogP contribution >= 0.6 is 0 Å². The van der Waals surface area contributed by atoms with E-state index in [1.165, 1.54) is 5.56 Å². The van der Waals surface area contributed by atoms with Gasteiger partial charge in [0.05, 0.1) is 11.3 Å². The smallest absolute Gasteiger partial charge is 0.274 e. The summed E-state index contributed by atoms with van der Waals surface area (Å²) in [6.45, 7) is 6.71. The fourth-order valence-corrected chi connectivity index (χ4v) is 2.74. The minimum atomic E-state index is 0.0320. The van der Waals surface area contributed by atoms with E-state index in [0.29, 0.717) is 6.54 Å². The molecule has 0 fully saturated rings. The van der Waals surface area contributed by atoms with Gasteiger partial charge in [0.25, 0.3) is 5.56 Å². The highest BCUT2D eigenvalue weighted by Crippen LogP contribution is 2.30. The SMILES string of the molecule is CCn1[nH]c(-c2ccccc2C)c(-c2ccc(C)cc2)c1=O. The molecule has 22 heavy (non-hydrogen) atoms. The van der Waals surface area contributed by atoms with E-state index in [-0.39, 0.29) is 5.56 Å². The Bertz CT molecular complexity index is 854. The molecule has 2 aromatic carbocycles. The first kappa shape index (κ1) is 14.4. The summed E-state index contributed by atoms with van der Waals surface area (Å²) in [5, 5.41) is 3.27. The molecule has 1 N–H and O–H groups in total. The number of benzene rings is 2. The molecule has 0 unspecified atom stereocenters.